The standard InChI is InChI=1S/C16H22N2O/c19-16-7-4-10-18(16)12-15(17-11-13-8-9-13)14-5-2-1-3-6-14/h1-3,5-6,13,15,17H,4,7-12H2. The van der Waals surface area contributed by atoms with E-state index in [-0.39, 0.29) is 6.04 Å². The quantitative estimate of drug-likeness (QED) is 0.849. The van der Waals surface area contributed by atoms with Crippen LogP contribution in [0.5, 0.6) is 0 Å². The van der Waals surface area contributed by atoms with Crippen LogP contribution in [-0.4, -0.2) is 30.4 Å². The first-order valence-corrected chi connectivity index (χ1v) is 7.39. The Bertz CT molecular complexity index is 428. The second kappa shape index (κ2) is 5.74. The number of amides is 1. The van der Waals surface area contributed by atoms with Crippen molar-refractivity contribution < 1.29 is 4.79 Å². The molecule has 0 bridgehead atoms. The molecule has 1 saturated carbocycles. The van der Waals surface area contributed by atoms with E-state index in [2.05, 4.69) is 29.6 Å². The van der Waals surface area contributed by atoms with Crippen molar-refractivity contribution in [3.63, 3.8) is 0 Å². The van der Waals surface area contributed by atoms with Crippen LogP contribution in [0.1, 0.15) is 37.3 Å². The summed E-state index contributed by atoms with van der Waals surface area (Å²) in [7, 11) is 0. The molecule has 0 aromatic heterocycles. The summed E-state index contributed by atoms with van der Waals surface area (Å²) in [6.07, 6.45) is 4.46. The van der Waals surface area contributed by atoms with Crippen LogP contribution in [0.3, 0.4) is 0 Å². The topological polar surface area (TPSA) is 32.3 Å². The minimum absolute atomic E-state index is 0.281. The third kappa shape index (κ3) is 3.35. The molecule has 1 atom stereocenters. The molecule has 19 heavy (non-hydrogen) atoms. The average Bonchev–Trinajstić information content (AvgIpc) is 3.19. The van der Waals surface area contributed by atoms with Gasteiger partial charge in [0.25, 0.3) is 0 Å². The predicted octanol–water partition coefficient (Wildman–Crippen LogP) is 2.35. The van der Waals surface area contributed by atoms with Crippen molar-refractivity contribution in [1.29, 1.82) is 0 Å². The van der Waals surface area contributed by atoms with Gasteiger partial charge in [-0.25, -0.2) is 0 Å². The molecule has 0 spiro atoms. The lowest BCUT2D eigenvalue weighted by Gasteiger charge is -2.25. The molecule has 1 heterocycles. The van der Waals surface area contributed by atoms with Crippen LogP contribution in [-0.2, 0) is 4.79 Å². The molecule has 1 aliphatic carbocycles. The van der Waals surface area contributed by atoms with E-state index in [1.54, 1.807) is 0 Å². The Balaban J connectivity index is 1.66. The van der Waals surface area contributed by atoms with Crippen LogP contribution < -0.4 is 5.32 Å². The Morgan fingerprint density at radius 1 is 1.26 bits per heavy atom. The summed E-state index contributed by atoms with van der Waals surface area (Å²) in [5.74, 6) is 1.18. The van der Waals surface area contributed by atoms with Crippen molar-refractivity contribution in [1.82, 2.24) is 10.2 Å². The molecule has 1 aromatic rings. The number of rotatable bonds is 6. The molecule has 0 radical (unpaired) electrons. The van der Waals surface area contributed by atoms with Crippen molar-refractivity contribution in [3.05, 3.63) is 35.9 Å². The second-order valence-corrected chi connectivity index (χ2v) is 5.76. The van der Waals surface area contributed by atoms with Crippen molar-refractivity contribution in [2.75, 3.05) is 19.6 Å². The second-order valence-electron chi connectivity index (χ2n) is 5.76. The summed E-state index contributed by atoms with van der Waals surface area (Å²) in [5, 5.41) is 3.65. The van der Waals surface area contributed by atoms with Gasteiger partial charge in [-0.05, 0) is 37.3 Å². The summed E-state index contributed by atoms with van der Waals surface area (Å²) in [5.41, 5.74) is 1.29. The van der Waals surface area contributed by atoms with Gasteiger partial charge in [-0.2, -0.15) is 0 Å². The normalized spacial score (nSPS) is 20.8. The number of likely N-dealkylation sites (tertiary alicyclic amines) is 1. The van der Waals surface area contributed by atoms with E-state index >= 15 is 0 Å². The van der Waals surface area contributed by atoms with E-state index in [1.807, 2.05) is 11.0 Å². The minimum atomic E-state index is 0.281. The number of benzene rings is 1. The fraction of sp³-hybridized carbons (Fsp3) is 0.562. The number of carbonyl (C=O) groups is 1. The highest BCUT2D eigenvalue weighted by Crippen LogP contribution is 2.29. The lowest BCUT2D eigenvalue weighted by atomic mass is 10.1. The van der Waals surface area contributed by atoms with E-state index in [4.69, 9.17) is 0 Å². The van der Waals surface area contributed by atoms with Crippen LogP contribution in [0.2, 0.25) is 0 Å². The van der Waals surface area contributed by atoms with Gasteiger partial charge >= 0.3 is 0 Å². The highest BCUT2D eigenvalue weighted by Gasteiger charge is 2.26. The molecule has 1 amide bonds. The molecular weight excluding hydrogens is 236 g/mol. The highest BCUT2D eigenvalue weighted by molar-refractivity contribution is 5.78. The van der Waals surface area contributed by atoms with Gasteiger partial charge in [0.2, 0.25) is 5.91 Å². The third-order valence-electron chi connectivity index (χ3n) is 4.13. The summed E-state index contributed by atoms with van der Waals surface area (Å²) in [6.45, 7) is 2.82. The third-order valence-corrected chi connectivity index (χ3v) is 4.13. The SMILES string of the molecule is O=C1CCCN1CC(NCC1CC1)c1ccccc1. The van der Waals surface area contributed by atoms with E-state index < -0.39 is 0 Å². The first-order chi connectivity index (χ1) is 9.33. The minimum Gasteiger partial charge on any atom is -0.341 e. The maximum Gasteiger partial charge on any atom is 0.222 e. The Morgan fingerprint density at radius 3 is 2.68 bits per heavy atom. The first kappa shape index (κ1) is 12.7. The molecule has 1 unspecified atom stereocenters. The maximum atomic E-state index is 11.8. The number of hydrogen-bond acceptors (Lipinski definition) is 2. The summed E-state index contributed by atoms with van der Waals surface area (Å²) in [4.78, 5) is 13.8. The van der Waals surface area contributed by atoms with Crippen LogP contribution in [0, 0.1) is 5.92 Å². The Morgan fingerprint density at radius 2 is 2.05 bits per heavy atom. The van der Waals surface area contributed by atoms with Gasteiger partial charge < -0.3 is 10.2 Å². The smallest absolute Gasteiger partial charge is 0.222 e. The fourth-order valence-electron chi connectivity index (χ4n) is 2.72. The molecule has 3 nitrogen and oxygen atoms in total. The van der Waals surface area contributed by atoms with Crippen molar-refractivity contribution in [2.45, 2.75) is 31.7 Å². The van der Waals surface area contributed by atoms with Crippen molar-refractivity contribution in [3.8, 4) is 0 Å². The number of nitrogens with zero attached hydrogens (tertiary/aromatic N) is 1. The molecular formula is C16H22N2O. The number of nitrogens with one attached hydrogen (secondary N) is 1. The van der Waals surface area contributed by atoms with Crippen LogP contribution >= 0.6 is 0 Å². The zero-order valence-corrected chi connectivity index (χ0v) is 11.3. The van der Waals surface area contributed by atoms with Crippen LogP contribution in [0.4, 0.5) is 0 Å². The Labute approximate surface area is 115 Å². The van der Waals surface area contributed by atoms with E-state index in [0.29, 0.717) is 5.91 Å². The lowest BCUT2D eigenvalue weighted by Crippen LogP contribution is -2.36. The molecule has 1 aliphatic heterocycles. The molecule has 102 valence electrons. The average molecular weight is 258 g/mol. The fourth-order valence-corrected chi connectivity index (χ4v) is 2.72. The predicted molar refractivity (Wildman–Crippen MR) is 75.7 cm³/mol. The van der Waals surface area contributed by atoms with Crippen molar-refractivity contribution >= 4 is 5.91 Å². The van der Waals surface area contributed by atoms with Gasteiger partial charge in [-0.15, -0.1) is 0 Å². The molecule has 3 rings (SSSR count). The van der Waals surface area contributed by atoms with Gasteiger partial charge in [-0.1, -0.05) is 30.3 Å². The lowest BCUT2D eigenvalue weighted by molar-refractivity contribution is -0.128. The van der Waals surface area contributed by atoms with Crippen LogP contribution in [0.15, 0.2) is 30.3 Å². The van der Waals surface area contributed by atoms with Gasteiger partial charge in [-0.3, -0.25) is 4.79 Å². The summed E-state index contributed by atoms with van der Waals surface area (Å²) >= 11 is 0. The first-order valence-electron chi connectivity index (χ1n) is 7.39. The van der Waals surface area contributed by atoms with Gasteiger partial charge in [0, 0.05) is 25.6 Å². The van der Waals surface area contributed by atoms with Crippen molar-refractivity contribution in [2.24, 2.45) is 5.92 Å². The zero-order chi connectivity index (χ0) is 13.1. The Kier molecular flexibility index (Phi) is 3.83. The molecule has 2 aliphatic rings. The van der Waals surface area contributed by atoms with Gasteiger partial charge in [0.05, 0.1) is 0 Å². The van der Waals surface area contributed by atoms with E-state index in [1.165, 1.54) is 18.4 Å². The van der Waals surface area contributed by atoms with E-state index in [0.717, 1.165) is 38.4 Å². The monoisotopic (exact) mass is 258 g/mol. The molecule has 3 heteroatoms. The molecule has 2 fully saturated rings. The molecule has 1 aromatic carbocycles. The summed E-state index contributed by atoms with van der Waals surface area (Å²) in [6, 6.07) is 10.8. The van der Waals surface area contributed by atoms with Crippen LogP contribution in [0.25, 0.3) is 0 Å². The Hall–Kier alpha value is -1.35. The van der Waals surface area contributed by atoms with Gasteiger partial charge in [0.1, 0.15) is 0 Å². The number of carbonyl (C=O) groups excluding carboxylic acids is 1. The highest BCUT2D eigenvalue weighted by atomic mass is 16.2. The largest absolute Gasteiger partial charge is 0.341 e. The van der Waals surface area contributed by atoms with E-state index in [9.17, 15) is 4.79 Å². The van der Waals surface area contributed by atoms with Gasteiger partial charge in [0.15, 0.2) is 0 Å². The maximum absolute atomic E-state index is 11.8. The summed E-state index contributed by atoms with van der Waals surface area (Å²) < 4.78 is 0. The molecule has 1 saturated heterocycles. The molecule has 1 N–H and O–H groups in total. The zero-order valence-electron chi connectivity index (χ0n) is 11.3. The number of hydrogen-bond donors (Lipinski definition) is 1.